The molecule has 0 radical (unpaired) electrons. The molecule has 2 unspecified atom stereocenters. The molecule has 96 valence electrons. The SMILES string of the molecule is CC1OCCC1(O)CNc1ccc(C#N)c(Cl)c1. The molecule has 1 fully saturated rings. The van der Waals surface area contributed by atoms with E-state index in [9.17, 15) is 5.11 Å². The summed E-state index contributed by atoms with van der Waals surface area (Å²) < 4.78 is 5.36. The molecule has 0 amide bonds. The van der Waals surface area contributed by atoms with Crippen molar-refractivity contribution in [2.45, 2.75) is 25.0 Å². The highest BCUT2D eigenvalue weighted by Gasteiger charge is 2.39. The van der Waals surface area contributed by atoms with Gasteiger partial charge in [0.1, 0.15) is 11.7 Å². The number of nitrogens with zero attached hydrogens (tertiary/aromatic N) is 1. The van der Waals surface area contributed by atoms with Gasteiger partial charge in [-0.2, -0.15) is 5.26 Å². The van der Waals surface area contributed by atoms with E-state index in [1.165, 1.54) is 0 Å². The molecule has 1 saturated heterocycles. The molecule has 0 spiro atoms. The average Bonchev–Trinajstić information content (AvgIpc) is 2.68. The Balaban J connectivity index is 2.03. The normalized spacial score (nSPS) is 26.9. The first-order valence-electron chi connectivity index (χ1n) is 5.83. The molecule has 5 heteroatoms. The van der Waals surface area contributed by atoms with Crippen LogP contribution in [0.25, 0.3) is 0 Å². The number of hydrogen-bond donors (Lipinski definition) is 2. The van der Waals surface area contributed by atoms with Crippen molar-refractivity contribution in [2.24, 2.45) is 0 Å². The van der Waals surface area contributed by atoms with Gasteiger partial charge in [0.25, 0.3) is 0 Å². The Morgan fingerprint density at radius 3 is 3.00 bits per heavy atom. The van der Waals surface area contributed by atoms with Crippen LogP contribution in [0.3, 0.4) is 0 Å². The fourth-order valence-electron chi connectivity index (χ4n) is 1.97. The molecular weight excluding hydrogens is 252 g/mol. The second-order valence-corrected chi connectivity index (χ2v) is 4.93. The third kappa shape index (κ3) is 2.59. The first-order chi connectivity index (χ1) is 8.55. The number of benzene rings is 1. The van der Waals surface area contributed by atoms with Gasteiger partial charge in [-0.25, -0.2) is 0 Å². The summed E-state index contributed by atoms with van der Waals surface area (Å²) in [7, 11) is 0. The van der Waals surface area contributed by atoms with E-state index in [-0.39, 0.29) is 6.10 Å². The molecule has 2 rings (SSSR count). The van der Waals surface area contributed by atoms with E-state index in [0.717, 1.165) is 5.69 Å². The monoisotopic (exact) mass is 266 g/mol. The minimum Gasteiger partial charge on any atom is -0.385 e. The molecule has 2 N–H and O–H groups in total. The molecule has 0 aliphatic carbocycles. The lowest BCUT2D eigenvalue weighted by Crippen LogP contribution is -2.43. The molecule has 0 aromatic heterocycles. The van der Waals surface area contributed by atoms with Gasteiger partial charge in [0, 0.05) is 25.3 Å². The zero-order valence-electron chi connectivity index (χ0n) is 10.1. The number of aliphatic hydroxyl groups is 1. The van der Waals surface area contributed by atoms with Crippen molar-refractivity contribution < 1.29 is 9.84 Å². The van der Waals surface area contributed by atoms with Gasteiger partial charge in [0.2, 0.25) is 0 Å². The Hall–Kier alpha value is -1.28. The Morgan fingerprint density at radius 1 is 1.67 bits per heavy atom. The zero-order valence-corrected chi connectivity index (χ0v) is 10.9. The van der Waals surface area contributed by atoms with Crippen LogP contribution < -0.4 is 5.32 Å². The van der Waals surface area contributed by atoms with E-state index in [1.54, 1.807) is 18.2 Å². The molecule has 4 nitrogen and oxygen atoms in total. The molecule has 1 aliphatic heterocycles. The van der Waals surface area contributed by atoms with E-state index >= 15 is 0 Å². The van der Waals surface area contributed by atoms with Gasteiger partial charge in [-0.1, -0.05) is 11.6 Å². The Morgan fingerprint density at radius 2 is 2.44 bits per heavy atom. The van der Waals surface area contributed by atoms with Gasteiger partial charge in [-0.05, 0) is 25.1 Å². The van der Waals surface area contributed by atoms with Crippen molar-refractivity contribution in [2.75, 3.05) is 18.5 Å². The van der Waals surface area contributed by atoms with Crippen LogP contribution >= 0.6 is 11.6 Å². The van der Waals surface area contributed by atoms with Crippen molar-refractivity contribution in [1.82, 2.24) is 0 Å². The fourth-order valence-corrected chi connectivity index (χ4v) is 2.20. The predicted octanol–water partition coefficient (Wildman–Crippen LogP) is 2.16. The highest BCUT2D eigenvalue weighted by Crippen LogP contribution is 2.27. The van der Waals surface area contributed by atoms with Crippen LogP contribution in [-0.4, -0.2) is 30.0 Å². The van der Waals surface area contributed by atoms with Gasteiger partial charge in [0.15, 0.2) is 0 Å². The zero-order chi connectivity index (χ0) is 13.2. The summed E-state index contributed by atoms with van der Waals surface area (Å²) >= 11 is 5.94. The van der Waals surface area contributed by atoms with E-state index in [1.807, 2.05) is 13.0 Å². The largest absolute Gasteiger partial charge is 0.385 e. The lowest BCUT2D eigenvalue weighted by Gasteiger charge is -2.26. The Kier molecular flexibility index (Phi) is 3.76. The number of ether oxygens (including phenoxy) is 1. The minimum absolute atomic E-state index is 0.182. The summed E-state index contributed by atoms with van der Waals surface area (Å²) in [6.45, 7) is 2.84. The number of nitrogens with one attached hydrogen (secondary N) is 1. The Bertz CT molecular complexity index is 486. The minimum atomic E-state index is -0.847. The predicted molar refractivity (Wildman–Crippen MR) is 69.6 cm³/mol. The second kappa shape index (κ2) is 5.15. The van der Waals surface area contributed by atoms with Crippen molar-refractivity contribution in [1.29, 1.82) is 5.26 Å². The van der Waals surface area contributed by atoms with E-state index in [4.69, 9.17) is 21.6 Å². The van der Waals surface area contributed by atoms with Crippen LogP contribution in [0.15, 0.2) is 18.2 Å². The highest BCUT2D eigenvalue weighted by atomic mass is 35.5. The standard InChI is InChI=1S/C13H15ClN2O2/c1-9-13(17,4-5-18-9)8-16-11-3-2-10(7-15)12(14)6-11/h2-3,6,9,16-17H,4-5,8H2,1H3. The summed E-state index contributed by atoms with van der Waals surface area (Å²) in [5.41, 5.74) is 0.380. The highest BCUT2D eigenvalue weighted by molar-refractivity contribution is 6.32. The van der Waals surface area contributed by atoms with Crippen molar-refractivity contribution in [3.05, 3.63) is 28.8 Å². The van der Waals surface area contributed by atoms with E-state index < -0.39 is 5.60 Å². The quantitative estimate of drug-likeness (QED) is 0.880. The van der Waals surface area contributed by atoms with Gasteiger partial charge in [-0.3, -0.25) is 0 Å². The van der Waals surface area contributed by atoms with Gasteiger partial charge in [0.05, 0.1) is 16.7 Å². The number of anilines is 1. The van der Waals surface area contributed by atoms with Crippen LogP contribution in [0.2, 0.25) is 5.02 Å². The van der Waals surface area contributed by atoms with Gasteiger partial charge < -0.3 is 15.2 Å². The number of rotatable bonds is 3. The van der Waals surface area contributed by atoms with Crippen LogP contribution in [0.4, 0.5) is 5.69 Å². The number of hydrogen-bond acceptors (Lipinski definition) is 4. The third-order valence-electron chi connectivity index (χ3n) is 3.35. The summed E-state index contributed by atoms with van der Waals surface area (Å²) in [5, 5.41) is 22.6. The molecule has 1 aromatic rings. The van der Waals surface area contributed by atoms with Crippen LogP contribution in [0.1, 0.15) is 18.9 Å². The average molecular weight is 267 g/mol. The van der Waals surface area contributed by atoms with Gasteiger partial charge >= 0.3 is 0 Å². The lowest BCUT2D eigenvalue weighted by molar-refractivity contribution is -0.0175. The molecule has 0 bridgehead atoms. The molecule has 1 aromatic carbocycles. The summed E-state index contributed by atoms with van der Waals surface area (Å²) in [5.74, 6) is 0. The maximum absolute atomic E-state index is 10.3. The van der Waals surface area contributed by atoms with Crippen molar-refractivity contribution in [3.63, 3.8) is 0 Å². The van der Waals surface area contributed by atoms with Crippen molar-refractivity contribution >= 4 is 17.3 Å². The van der Waals surface area contributed by atoms with Crippen LogP contribution in [-0.2, 0) is 4.74 Å². The number of nitriles is 1. The maximum atomic E-state index is 10.3. The topological polar surface area (TPSA) is 65.3 Å². The van der Waals surface area contributed by atoms with Crippen LogP contribution in [0, 0.1) is 11.3 Å². The Labute approximate surface area is 111 Å². The van der Waals surface area contributed by atoms with Crippen LogP contribution in [0.5, 0.6) is 0 Å². The molecular formula is C13H15ClN2O2. The first-order valence-corrected chi connectivity index (χ1v) is 6.20. The first kappa shape index (κ1) is 13.2. The second-order valence-electron chi connectivity index (χ2n) is 4.53. The smallest absolute Gasteiger partial charge is 0.110 e. The van der Waals surface area contributed by atoms with E-state index in [0.29, 0.717) is 30.2 Å². The van der Waals surface area contributed by atoms with Gasteiger partial charge in [-0.15, -0.1) is 0 Å². The fraction of sp³-hybridized carbons (Fsp3) is 0.462. The summed E-state index contributed by atoms with van der Waals surface area (Å²) in [6.07, 6.45) is 0.435. The molecule has 2 atom stereocenters. The third-order valence-corrected chi connectivity index (χ3v) is 3.66. The molecule has 18 heavy (non-hydrogen) atoms. The van der Waals surface area contributed by atoms with E-state index in [2.05, 4.69) is 5.32 Å². The lowest BCUT2D eigenvalue weighted by atomic mass is 9.96. The van der Waals surface area contributed by atoms with Crippen molar-refractivity contribution in [3.8, 4) is 6.07 Å². The summed E-state index contributed by atoms with van der Waals surface area (Å²) in [4.78, 5) is 0. The number of halogens is 1. The molecule has 0 saturated carbocycles. The maximum Gasteiger partial charge on any atom is 0.110 e. The molecule has 1 heterocycles. The summed E-state index contributed by atoms with van der Waals surface area (Å²) in [6, 6.07) is 7.12. The molecule has 1 aliphatic rings.